The van der Waals surface area contributed by atoms with E-state index < -0.39 is 15.3 Å². The molecular formula is C21H21N3O4S2. The van der Waals surface area contributed by atoms with Crippen molar-refractivity contribution in [1.82, 2.24) is 4.90 Å². The van der Waals surface area contributed by atoms with Gasteiger partial charge < -0.3 is 5.32 Å². The van der Waals surface area contributed by atoms with Crippen LogP contribution in [0.2, 0.25) is 0 Å². The highest BCUT2D eigenvalue weighted by Crippen LogP contribution is 2.31. The number of aryl methyl sites for hydroxylation is 1. The number of rotatable bonds is 7. The highest BCUT2D eigenvalue weighted by Gasteiger charge is 2.39. The van der Waals surface area contributed by atoms with Crippen LogP contribution >= 0.6 is 11.8 Å². The number of hydrogen-bond acceptors (Lipinski definition) is 5. The Morgan fingerprint density at radius 3 is 2.50 bits per heavy atom. The minimum atomic E-state index is -3.98. The Hall–Kier alpha value is -2.91. The summed E-state index contributed by atoms with van der Waals surface area (Å²) in [6.07, 6.45) is 1.38. The third-order valence-electron chi connectivity index (χ3n) is 4.28. The molecule has 2 aromatic carbocycles. The molecule has 1 aliphatic rings. The molecule has 1 saturated heterocycles. The van der Waals surface area contributed by atoms with Gasteiger partial charge in [0.1, 0.15) is 5.25 Å². The fraction of sp³-hybridized carbons (Fsp3) is 0.190. The summed E-state index contributed by atoms with van der Waals surface area (Å²) in [5.74, 6) is -0.712. The Morgan fingerprint density at radius 1 is 1.20 bits per heavy atom. The van der Waals surface area contributed by atoms with E-state index in [9.17, 15) is 18.0 Å². The van der Waals surface area contributed by atoms with E-state index in [1.165, 1.54) is 23.1 Å². The number of nitrogens with one attached hydrogen (secondary N) is 1. The first kappa shape index (κ1) is 21.8. The van der Waals surface area contributed by atoms with Crippen LogP contribution in [-0.2, 0) is 19.6 Å². The van der Waals surface area contributed by atoms with Crippen molar-refractivity contribution in [2.24, 2.45) is 4.40 Å². The maximum atomic E-state index is 12.8. The standard InChI is InChI=1S/C21H21N3O4S2/c1-3-13-24-20(26)18(14-19(25)22-16-11-9-15(2)10-12-16)29-21(24)23-30(27,28)17-7-5-4-6-8-17/h3-12,18H,1,13-14H2,2H3,(H,22,25)/t18-/m1/s1. The lowest BCUT2D eigenvalue weighted by Gasteiger charge is -2.13. The Bertz CT molecular complexity index is 1080. The molecule has 0 aliphatic carbocycles. The summed E-state index contributed by atoms with van der Waals surface area (Å²) in [5, 5.41) is 2.03. The van der Waals surface area contributed by atoms with Crippen LogP contribution in [0.15, 0.2) is 76.5 Å². The summed E-state index contributed by atoms with van der Waals surface area (Å²) in [7, 11) is -3.98. The van der Waals surface area contributed by atoms with Crippen molar-refractivity contribution >= 4 is 44.5 Å². The first-order valence-electron chi connectivity index (χ1n) is 9.15. The molecule has 2 amide bonds. The van der Waals surface area contributed by atoms with Crippen LogP contribution in [-0.4, -0.2) is 42.1 Å². The fourth-order valence-electron chi connectivity index (χ4n) is 2.77. The Labute approximate surface area is 179 Å². The van der Waals surface area contributed by atoms with Gasteiger partial charge in [-0.05, 0) is 31.2 Å². The predicted molar refractivity (Wildman–Crippen MR) is 119 cm³/mol. The molecule has 1 atom stereocenters. The first-order valence-corrected chi connectivity index (χ1v) is 11.5. The monoisotopic (exact) mass is 443 g/mol. The zero-order valence-corrected chi connectivity index (χ0v) is 17.9. The normalized spacial score (nSPS) is 17.9. The number of carbonyl (C=O) groups excluding carboxylic acids is 2. The van der Waals surface area contributed by atoms with Crippen LogP contribution in [0.25, 0.3) is 0 Å². The third kappa shape index (κ3) is 5.17. The molecule has 9 heteroatoms. The minimum Gasteiger partial charge on any atom is -0.326 e. The molecule has 0 bridgehead atoms. The number of hydrogen-bond donors (Lipinski definition) is 1. The number of sulfonamides is 1. The summed E-state index contributed by atoms with van der Waals surface area (Å²) in [6, 6.07) is 15.1. The van der Waals surface area contributed by atoms with Crippen LogP contribution in [0, 0.1) is 6.92 Å². The summed E-state index contributed by atoms with van der Waals surface area (Å²) in [6.45, 7) is 5.65. The van der Waals surface area contributed by atoms with Gasteiger partial charge in [-0.15, -0.1) is 11.0 Å². The molecule has 2 aromatic rings. The van der Waals surface area contributed by atoms with Gasteiger partial charge in [-0.1, -0.05) is 53.7 Å². The van der Waals surface area contributed by atoms with Crippen molar-refractivity contribution in [2.75, 3.05) is 11.9 Å². The van der Waals surface area contributed by atoms with Gasteiger partial charge in [-0.3, -0.25) is 14.5 Å². The Kier molecular flexibility index (Phi) is 6.73. The van der Waals surface area contributed by atoms with Crippen LogP contribution in [0.3, 0.4) is 0 Å². The summed E-state index contributed by atoms with van der Waals surface area (Å²) in [5.41, 5.74) is 1.69. The lowest BCUT2D eigenvalue weighted by atomic mass is 10.2. The smallest absolute Gasteiger partial charge is 0.284 e. The molecule has 1 N–H and O–H groups in total. The number of thioether (sulfide) groups is 1. The molecule has 1 aliphatic heterocycles. The third-order valence-corrected chi connectivity index (χ3v) is 6.85. The molecule has 0 aromatic heterocycles. The Morgan fingerprint density at radius 2 is 1.87 bits per heavy atom. The van der Waals surface area contributed by atoms with E-state index in [1.807, 2.05) is 19.1 Å². The molecule has 3 rings (SSSR count). The number of amides is 2. The van der Waals surface area contributed by atoms with Gasteiger partial charge in [-0.2, -0.15) is 8.42 Å². The largest absolute Gasteiger partial charge is 0.326 e. The second-order valence-corrected chi connectivity index (χ2v) is 9.40. The summed E-state index contributed by atoms with van der Waals surface area (Å²) < 4.78 is 29.1. The van der Waals surface area contributed by atoms with Crippen molar-refractivity contribution in [3.05, 3.63) is 72.8 Å². The topological polar surface area (TPSA) is 95.9 Å². The van der Waals surface area contributed by atoms with Crippen molar-refractivity contribution in [3.63, 3.8) is 0 Å². The molecule has 1 fully saturated rings. The minimum absolute atomic E-state index is 0.0321. The van der Waals surface area contributed by atoms with Crippen LogP contribution in [0.5, 0.6) is 0 Å². The average molecular weight is 444 g/mol. The fourth-order valence-corrected chi connectivity index (χ4v) is 5.16. The van der Waals surface area contributed by atoms with E-state index >= 15 is 0 Å². The molecule has 156 valence electrons. The zero-order valence-electron chi connectivity index (χ0n) is 16.3. The first-order chi connectivity index (χ1) is 14.3. The highest BCUT2D eigenvalue weighted by atomic mass is 32.2. The number of anilines is 1. The average Bonchev–Trinajstić information content (AvgIpc) is 2.99. The van der Waals surface area contributed by atoms with E-state index in [0.717, 1.165) is 17.3 Å². The van der Waals surface area contributed by atoms with Crippen molar-refractivity contribution in [3.8, 4) is 0 Å². The molecule has 7 nitrogen and oxygen atoms in total. The van der Waals surface area contributed by atoms with Gasteiger partial charge in [0.05, 0.1) is 4.90 Å². The molecule has 1 heterocycles. The van der Waals surface area contributed by atoms with Crippen molar-refractivity contribution < 1.29 is 18.0 Å². The zero-order chi connectivity index (χ0) is 21.7. The summed E-state index contributed by atoms with van der Waals surface area (Å²) >= 11 is 0.968. The number of benzene rings is 2. The van der Waals surface area contributed by atoms with Gasteiger partial charge in [0.15, 0.2) is 5.17 Å². The van der Waals surface area contributed by atoms with Crippen LogP contribution in [0.4, 0.5) is 5.69 Å². The van der Waals surface area contributed by atoms with Gasteiger partial charge >= 0.3 is 0 Å². The molecule has 0 spiro atoms. The lowest BCUT2D eigenvalue weighted by Crippen LogP contribution is -2.33. The second kappa shape index (κ2) is 9.27. The van der Waals surface area contributed by atoms with E-state index in [-0.39, 0.29) is 34.8 Å². The van der Waals surface area contributed by atoms with Crippen LogP contribution < -0.4 is 5.32 Å². The summed E-state index contributed by atoms with van der Waals surface area (Å²) in [4.78, 5) is 26.4. The van der Waals surface area contributed by atoms with Crippen molar-refractivity contribution in [1.29, 1.82) is 0 Å². The predicted octanol–water partition coefficient (Wildman–Crippen LogP) is 3.20. The van der Waals surface area contributed by atoms with Gasteiger partial charge in [0.25, 0.3) is 10.0 Å². The number of nitrogens with zero attached hydrogens (tertiary/aromatic N) is 2. The maximum absolute atomic E-state index is 12.8. The van der Waals surface area contributed by atoms with Gasteiger partial charge in [0, 0.05) is 18.7 Å². The van der Waals surface area contributed by atoms with Gasteiger partial charge in [-0.25, -0.2) is 0 Å². The second-order valence-electron chi connectivity index (χ2n) is 6.62. The van der Waals surface area contributed by atoms with E-state index in [0.29, 0.717) is 5.69 Å². The Balaban J connectivity index is 1.78. The maximum Gasteiger partial charge on any atom is 0.284 e. The lowest BCUT2D eigenvalue weighted by molar-refractivity contribution is -0.127. The van der Waals surface area contributed by atoms with E-state index in [1.54, 1.807) is 30.3 Å². The quantitative estimate of drug-likeness (QED) is 0.663. The van der Waals surface area contributed by atoms with Gasteiger partial charge in [0.2, 0.25) is 11.8 Å². The molecule has 0 unspecified atom stereocenters. The molecule has 0 saturated carbocycles. The van der Waals surface area contributed by atoms with E-state index in [4.69, 9.17) is 0 Å². The highest BCUT2D eigenvalue weighted by molar-refractivity contribution is 8.16. The van der Waals surface area contributed by atoms with Crippen LogP contribution in [0.1, 0.15) is 12.0 Å². The number of amidine groups is 1. The van der Waals surface area contributed by atoms with Crippen molar-refractivity contribution in [2.45, 2.75) is 23.5 Å². The molecule has 30 heavy (non-hydrogen) atoms. The molecular weight excluding hydrogens is 422 g/mol. The van der Waals surface area contributed by atoms with E-state index in [2.05, 4.69) is 16.3 Å². The number of carbonyl (C=O) groups is 2. The molecule has 0 radical (unpaired) electrons. The SMILES string of the molecule is C=CCN1C(=O)[C@@H](CC(=O)Nc2ccc(C)cc2)SC1=NS(=O)(=O)c1ccccc1.